The molecule has 1 rings (SSSR count). The van der Waals surface area contributed by atoms with Crippen LogP contribution >= 0.6 is 0 Å². The molecule has 0 aliphatic carbocycles. The molecule has 0 saturated heterocycles. The Morgan fingerprint density at radius 1 is 1.38 bits per heavy atom. The van der Waals surface area contributed by atoms with E-state index < -0.39 is 6.16 Å². The summed E-state index contributed by atoms with van der Waals surface area (Å²) >= 11 is 0. The number of carbonyl (C=O) groups excluding carboxylic acids is 1. The van der Waals surface area contributed by atoms with E-state index in [0.717, 1.165) is 11.1 Å². The summed E-state index contributed by atoms with van der Waals surface area (Å²) in [6.07, 6.45) is -0.647. The average Bonchev–Trinajstić information content (AvgIpc) is 2.21. The predicted molar refractivity (Wildman–Crippen MR) is 62.9 cm³/mol. The first kappa shape index (κ1) is 12.6. The molecule has 0 unspecified atom stereocenters. The maximum absolute atomic E-state index is 11.2. The van der Waals surface area contributed by atoms with Gasteiger partial charge in [0.25, 0.3) is 0 Å². The summed E-state index contributed by atoms with van der Waals surface area (Å²) in [4.78, 5) is 11.2. The summed E-state index contributed by atoms with van der Waals surface area (Å²) < 4.78 is 9.86. The van der Waals surface area contributed by atoms with Crippen LogP contribution in [0.3, 0.4) is 0 Å². The molecule has 0 N–H and O–H groups in total. The zero-order valence-electron chi connectivity index (χ0n) is 10.2. The molecule has 0 aliphatic heterocycles. The lowest BCUT2D eigenvalue weighted by molar-refractivity contribution is 0.104. The molecule has 3 heteroatoms. The summed E-state index contributed by atoms with van der Waals surface area (Å²) in [5.41, 5.74) is 2.07. The van der Waals surface area contributed by atoms with Gasteiger partial charge in [0.1, 0.15) is 5.75 Å². The highest BCUT2D eigenvalue weighted by Crippen LogP contribution is 2.24. The van der Waals surface area contributed by atoms with Crippen molar-refractivity contribution in [3.63, 3.8) is 0 Å². The summed E-state index contributed by atoms with van der Waals surface area (Å²) in [5, 5.41) is 0. The molecule has 0 aromatic heterocycles. The van der Waals surface area contributed by atoms with Crippen LogP contribution in [0, 0.1) is 6.92 Å². The van der Waals surface area contributed by atoms with Crippen molar-refractivity contribution in [2.75, 3.05) is 6.61 Å². The van der Waals surface area contributed by atoms with Crippen LogP contribution in [0.4, 0.5) is 4.79 Å². The van der Waals surface area contributed by atoms with E-state index in [0.29, 0.717) is 18.3 Å². The number of aryl methyl sites for hydroxylation is 1. The van der Waals surface area contributed by atoms with Crippen LogP contribution in [-0.2, 0) is 4.74 Å². The lowest BCUT2D eigenvalue weighted by Gasteiger charge is -2.11. The van der Waals surface area contributed by atoms with Crippen molar-refractivity contribution in [3.8, 4) is 5.75 Å². The zero-order chi connectivity index (χ0) is 12.1. The third kappa shape index (κ3) is 3.26. The van der Waals surface area contributed by atoms with E-state index in [2.05, 4.69) is 13.8 Å². The Labute approximate surface area is 96.4 Å². The highest BCUT2D eigenvalue weighted by Gasteiger charge is 2.09. The van der Waals surface area contributed by atoms with Gasteiger partial charge in [-0.2, -0.15) is 0 Å². The molecule has 3 nitrogen and oxygen atoms in total. The van der Waals surface area contributed by atoms with Gasteiger partial charge in [-0.15, -0.1) is 0 Å². The number of hydrogen-bond acceptors (Lipinski definition) is 3. The van der Waals surface area contributed by atoms with Gasteiger partial charge >= 0.3 is 6.16 Å². The molecule has 0 fully saturated rings. The Morgan fingerprint density at radius 2 is 2.06 bits per heavy atom. The third-order valence-electron chi connectivity index (χ3n) is 2.33. The van der Waals surface area contributed by atoms with E-state index in [4.69, 9.17) is 9.47 Å². The fraction of sp³-hybridized carbons (Fsp3) is 0.462. The Kier molecular flexibility index (Phi) is 4.35. The topological polar surface area (TPSA) is 35.5 Å². The minimum absolute atomic E-state index is 0.321. The van der Waals surface area contributed by atoms with Crippen LogP contribution in [0.15, 0.2) is 18.2 Å². The van der Waals surface area contributed by atoms with Gasteiger partial charge in [-0.25, -0.2) is 4.79 Å². The minimum atomic E-state index is -0.647. The van der Waals surface area contributed by atoms with Gasteiger partial charge in [-0.05, 0) is 37.0 Å². The minimum Gasteiger partial charge on any atom is -0.434 e. The van der Waals surface area contributed by atoms with Crippen LogP contribution in [0.25, 0.3) is 0 Å². The maximum Gasteiger partial charge on any atom is 0.513 e. The van der Waals surface area contributed by atoms with Gasteiger partial charge < -0.3 is 9.47 Å². The summed E-state index contributed by atoms with van der Waals surface area (Å²) in [6, 6.07) is 5.87. The highest BCUT2D eigenvalue weighted by atomic mass is 16.7. The van der Waals surface area contributed by atoms with Crippen molar-refractivity contribution in [3.05, 3.63) is 29.3 Å². The number of hydrogen-bond donors (Lipinski definition) is 0. The third-order valence-corrected chi connectivity index (χ3v) is 2.33. The van der Waals surface area contributed by atoms with E-state index in [1.54, 1.807) is 6.92 Å². The Bertz CT molecular complexity index is 369. The molecule has 1 aromatic rings. The molecular formula is C13H18O3. The monoisotopic (exact) mass is 222 g/mol. The normalized spacial score (nSPS) is 10.3. The zero-order valence-corrected chi connectivity index (χ0v) is 10.2. The van der Waals surface area contributed by atoms with Gasteiger partial charge in [-0.3, -0.25) is 0 Å². The SMILES string of the molecule is CCOC(=O)Oc1cc(C(C)C)ccc1C. The summed E-state index contributed by atoms with van der Waals surface area (Å²) in [6.45, 7) is 8.16. The molecule has 88 valence electrons. The largest absolute Gasteiger partial charge is 0.513 e. The Hall–Kier alpha value is -1.51. The van der Waals surface area contributed by atoms with Gasteiger partial charge in [0, 0.05) is 0 Å². The molecule has 0 amide bonds. The number of rotatable bonds is 3. The van der Waals surface area contributed by atoms with E-state index in [-0.39, 0.29) is 0 Å². The Balaban J connectivity index is 2.86. The molecule has 0 aliphatic rings. The molecule has 0 saturated carbocycles. The Morgan fingerprint density at radius 3 is 2.62 bits per heavy atom. The van der Waals surface area contributed by atoms with Crippen LogP contribution in [0.2, 0.25) is 0 Å². The number of ether oxygens (including phenoxy) is 2. The highest BCUT2D eigenvalue weighted by molar-refractivity contribution is 5.64. The molecule has 0 heterocycles. The van der Waals surface area contributed by atoms with Crippen molar-refractivity contribution in [2.24, 2.45) is 0 Å². The van der Waals surface area contributed by atoms with Gasteiger partial charge in [0.05, 0.1) is 6.61 Å². The second kappa shape index (κ2) is 5.54. The van der Waals surface area contributed by atoms with Crippen molar-refractivity contribution in [1.29, 1.82) is 0 Å². The van der Waals surface area contributed by atoms with Gasteiger partial charge in [0.2, 0.25) is 0 Å². The summed E-state index contributed by atoms with van der Waals surface area (Å²) in [5.74, 6) is 0.981. The van der Waals surface area contributed by atoms with Crippen LogP contribution in [0.1, 0.15) is 37.8 Å². The fourth-order valence-electron chi connectivity index (χ4n) is 1.32. The molecule has 0 radical (unpaired) electrons. The smallest absolute Gasteiger partial charge is 0.434 e. The molecular weight excluding hydrogens is 204 g/mol. The van der Waals surface area contributed by atoms with E-state index in [1.807, 2.05) is 25.1 Å². The number of carbonyl (C=O) groups is 1. The van der Waals surface area contributed by atoms with E-state index >= 15 is 0 Å². The quantitative estimate of drug-likeness (QED) is 0.578. The van der Waals surface area contributed by atoms with E-state index in [9.17, 15) is 4.79 Å². The lowest BCUT2D eigenvalue weighted by atomic mass is 10.0. The van der Waals surface area contributed by atoms with Crippen molar-refractivity contribution < 1.29 is 14.3 Å². The average molecular weight is 222 g/mol. The first-order chi connectivity index (χ1) is 7.54. The second-order valence-corrected chi connectivity index (χ2v) is 3.96. The molecule has 0 atom stereocenters. The van der Waals surface area contributed by atoms with Gasteiger partial charge in [0.15, 0.2) is 0 Å². The van der Waals surface area contributed by atoms with Crippen LogP contribution in [-0.4, -0.2) is 12.8 Å². The van der Waals surface area contributed by atoms with Crippen LogP contribution < -0.4 is 4.74 Å². The van der Waals surface area contributed by atoms with Crippen molar-refractivity contribution in [1.82, 2.24) is 0 Å². The standard InChI is InChI=1S/C13H18O3/c1-5-15-13(14)16-12-8-11(9(2)3)7-6-10(12)4/h6-9H,5H2,1-4H3. The number of benzene rings is 1. The fourth-order valence-corrected chi connectivity index (χ4v) is 1.32. The first-order valence-corrected chi connectivity index (χ1v) is 5.49. The molecule has 0 bridgehead atoms. The van der Waals surface area contributed by atoms with Crippen LogP contribution in [0.5, 0.6) is 5.75 Å². The maximum atomic E-state index is 11.2. The second-order valence-electron chi connectivity index (χ2n) is 3.96. The molecule has 16 heavy (non-hydrogen) atoms. The predicted octanol–water partition coefficient (Wildman–Crippen LogP) is 3.65. The molecule has 0 spiro atoms. The summed E-state index contributed by atoms with van der Waals surface area (Å²) in [7, 11) is 0. The van der Waals surface area contributed by atoms with Gasteiger partial charge in [-0.1, -0.05) is 26.0 Å². The van der Waals surface area contributed by atoms with Crippen molar-refractivity contribution >= 4 is 6.16 Å². The first-order valence-electron chi connectivity index (χ1n) is 5.49. The van der Waals surface area contributed by atoms with E-state index in [1.165, 1.54) is 0 Å². The lowest BCUT2D eigenvalue weighted by Crippen LogP contribution is -2.11. The molecule has 1 aromatic carbocycles. The van der Waals surface area contributed by atoms with Crippen molar-refractivity contribution in [2.45, 2.75) is 33.6 Å².